The lowest BCUT2D eigenvalue weighted by atomic mass is 9.92. The first-order valence-corrected chi connectivity index (χ1v) is 9.34. The molecule has 0 radical (unpaired) electrons. The second kappa shape index (κ2) is 8.57. The summed E-state index contributed by atoms with van der Waals surface area (Å²) in [6.45, 7) is 1.82. The van der Waals surface area contributed by atoms with Crippen LogP contribution in [0.15, 0.2) is 53.7 Å². The van der Waals surface area contributed by atoms with Gasteiger partial charge in [-0.2, -0.15) is 0 Å². The molecule has 2 aromatic carbocycles. The Hall–Kier alpha value is -3.00. The zero-order chi connectivity index (χ0) is 21.1. The first kappa shape index (κ1) is 20.7. The molecule has 152 valence electrons. The summed E-state index contributed by atoms with van der Waals surface area (Å²) in [7, 11) is 2.74. The molecule has 0 unspecified atom stereocenters. The second-order valence-electron chi connectivity index (χ2n) is 6.23. The molecule has 29 heavy (non-hydrogen) atoms. The van der Waals surface area contributed by atoms with E-state index in [2.05, 4.69) is 5.32 Å². The van der Waals surface area contributed by atoms with Crippen LogP contribution in [0.4, 0.5) is 14.5 Å². The van der Waals surface area contributed by atoms with E-state index in [1.165, 1.54) is 20.3 Å². The third-order valence-electron chi connectivity index (χ3n) is 4.70. The third-order valence-corrected chi connectivity index (χ3v) is 5.00. The van der Waals surface area contributed by atoms with Crippen molar-refractivity contribution in [3.05, 3.63) is 70.9 Å². The van der Waals surface area contributed by atoms with Crippen LogP contribution in [0.2, 0.25) is 0 Å². The lowest BCUT2D eigenvalue weighted by Gasteiger charge is -2.38. The number of benzene rings is 2. The number of carbonyl (C=O) groups excluding carboxylic acids is 1. The highest BCUT2D eigenvalue weighted by Crippen LogP contribution is 2.40. The second-order valence-corrected chi connectivity index (χ2v) is 6.62. The quantitative estimate of drug-likeness (QED) is 0.579. The maximum Gasteiger partial charge on any atom is 0.338 e. The van der Waals surface area contributed by atoms with Crippen LogP contribution >= 0.6 is 12.2 Å². The molecule has 2 aromatic rings. The van der Waals surface area contributed by atoms with Crippen LogP contribution < -0.4 is 15.0 Å². The van der Waals surface area contributed by atoms with Gasteiger partial charge in [0.05, 0.1) is 37.1 Å². The fraction of sp³-hybridized carbons (Fsp3) is 0.238. The summed E-state index contributed by atoms with van der Waals surface area (Å²) < 4.78 is 39.5. The summed E-state index contributed by atoms with van der Waals surface area (Å²) >= 11 is 5.53. The molecule has 0 saturated carbocycles. The van der Waals surface area contributed by atoms with Gasteiger partial charge in [-0.25, -0.2) is 13.6 Å². The van der Waals surface area contributed by atoms with E-state index in [9.17, 15) is 13.6 Å². The van der Waals surface area contributed by atoms with E-state index in [-0.39, 0.29) is 16.2 Å². The molecule has 5 nitrogen and oxygen atoms in total. The molecule has 0 saturated heterocycles. The Morgan fingerprint density at radius 2 is 1.79 bits per heavy atom. The summed E-state index contributed by atoms with van der Waals surface area (Å²) in [6.07, 6.45) is 0.358. The minimum atomic E-state index is -1.13. The number of carbonyl (C=O) groups is 1. The number of rotatable bonds is 5. The number of esters is 1. The van der Waals surface area contributed by atoms with E-state index in [0.29, 0.717) is 23.6 Å². The zero-order valence-corrected chi connectivity index (χ0v) is 17.0. The van der Waals surface area contributed by atoms with Crippen molar-refractivity contribution in [3.8, 4) is 5.75 Å². The molecule has 0 spiro atoms. The number of thiocarbonyl (C=S) groups is 1. The van der Waals surface area contributed by atoms with E-state index in [4.69, 9.17) is 21.7 Å². The molecule has 1 heterocycles. The number of hydrogen-bond donors (Lipinski definition) is 1. The van der Waals surface area contributed by atoms with Crippen molar-refractivity contribution in [2.45, 2.75) is 19.4 Å². The lowest BCUT2D eigenvalue weighted by molar-refractivity contribution is -0.136. The molecule has 8 heteroatoms. The van der Waals surface area contributed by atoms with Gasteiger partial charge in [-0.05, 0) is 42.9 Å². The molecule has 1 atom stereocenters. The van der Waals surface area contributed by atoms with Crippen molar-refractivity contribution in [2.75, 3.05) is 19.1 Å². The Morgan fingerprint density at radius 3 is 2.38 bits per heavy atom. The summed E-state index contributed by atoms with van der Waals surface area (Å²) in [5, 5.41) is 3.09. The van der Waals surface area contributed by atoms with Gasteiger partial charge < -0.3 is 14.8 Å². The Balaban J connectivity index is 2.28. The van der Waals surface area contributed by atoms with Gasteiger partial charge >= 0.3 is 5.97 Å². The normalized spacial score (nSPS) is 16.5. The first-order valence-electron chi connectivity index (χ1n) is 8.93. The largest absolute Gasteiger partial charge is 0.495 e. The molecular weight excluding hydrogens is 398 g/mol. The summed E-state index contributed by atoms with van der Waals surface area (Å²) in [4.78, 5) is 14.3. The fourth-order valence-corrected chi connectivity index (χ4v) is 3.76. The highest BCUT2D eigenvalue weighted by molar-refractivity contribution is 7.80. The lowest BCUT2D eigenvalue weighted by Crippen LogP contribution is -2.49. The number of hydrogen-bond acceptors (Lipinski definition) is 4. The average molecular weight is 418 g/mol. The maximum atomic E-state index is 14.5. The van der Waals surface area contributed by atoms with E-state index < -0.39 is 23.6 Å². The predicted octanol–water partition coefficient (Wildman–Crippen LogP) is 4.25. The summed E-state index contributed by atoms with van der Waals surface area (Å²) in [5.74, 6) is -1.74. The average Bonchev–Trinajstić information content (AvgIpc) is 2.72. The minimum absolute atomic E-state index is 0.0820. The molecule has 1 aliphatic heterocycles. The predicted molar refractivity (Wildman–Crippen MR) is 110 cm³/mol. The smallest absolute Gasteiger partial charge is 0.338 e. The molecule has 0 fully saturated rings. The number of nitrogens with zero attached hydrogens (tertiary/aromatic N) is 1. The van der Waals surface area contributed by atoms with Crippen LogP contribution in [0.25, 0.3) is 0 Å². The topological polar surface area (TPSA) is 50.8 Å². The van der Waals surface area contributed by atoms with E-state index in [0.717, 1.165) is 12.1 Å². The van der Waals surface area contributed by atoms with Gasteiger partial charge in [-0.1, -0.05) is 25.1 Å². The highest BCUT2D eigenvalue weighted by atomic mass is 32.1. The van der Waals surface area contributed by atoms with Gasteiger partial charge in [0.25, 0.3) is 0 Å². The Bertz CT molecular complexity index is 973. The van der Waals surface area contributed by atoms with Crippen molar-refractivity contribution in [3.63, 3.8) is 0 Å². The Kier molecular flexibility index (Phi) is 6.12. The van der Waals surface area contributed by atoms with Crippen molar-refractivity contribution in [2.24, 2.45) is 0 Å². The van der Waals surface area contributed by atoms with Crippen molar-refractivity contribution < 1.29 is 23.0 Å². The molecule has 0 aliphatic carbocycles. The molecule has 1 N–H and O–H groups in total. The number of allylic oxidation sites excluding steroid dienone is 1. The number of halogens is 2. The Morgan fingerprint density at radius 1 is 1.14 bits per heavy atom. The number of methoxy groups -OCH3 is 2. The van der Waals surface area contributed by atoms with Crippen LogP contribution in [-0.4, -0.2) is 25.3 Å². The third kappa shape index (κ3) is 3.67. The van der Waals surface area contributed by atoms with Gasteiger partial charge in [0.2, 0.25) is 0 Å². The van der Waals surface area contributed by atoms with Crippen LogP contribution in [-0.2, 0) is 9.53 Å². The number of nitrogens with one attached hydrogen (secondary N) is 1. The standard InChI is InChI=1S/C21H20F2N2O3S/c1-4-14-18(20(26)28-3)19(17-12(22)8-7-9-13(17)23)24-21(29)25(14)15-10-5-6-11-16(15)27-2/h5-11,19H,4H2,1-3H3,(H,24,29)/t19-/m0/s1. The van der Waals surface area contributed by atoms with Crippen molar-refractivity contribution >= 4 is 29.0 Å². The SMILES string of the molecule is CCC1=C(C(=O)OC)[C@H](c2c(F)cccc2F)NC(=S)N1c1ccccc1OC. The van der Waals surface area contributed by atoms with Crippen LogP contribution in [0, 0.1) is 11.6 Å². The maximum absolute atomic E-state index is 14.5. The molecule has 0 aromatic heterocycles. The molecule has 0 bridgehead atoms. The van der Waals surface area contributed by atoms with Gasteiger partial charge in [0.1, 0.15) is 17.4 Å². The van der Waals surface area contributed by atoms with Gasteiger partial charge in [-0.15, -0.1) is 0 Å². The molecule has 0 amide bonds. The molecular formula is C21H20F2N2O3S. The van der Waals surface area contributed by atoms with E-state index in [1.54, 1.807) is 29.2 Å². The van der Waals surface area contributed by atoms with Gasteiger partial charge in [-0.3, -0.25) is 4.90 Å². The van der Waals surface area contributed by atoms with Crippen LogP contribution in [0.1, 0.15) is 24.9 Å². The highest BCUT2D eigenvalue weighted by Gasteiger charge is 2.39. The number of ether oxygens (including phenoxy) is 2. The fourth-order valence-electron chi connectivity index (χ4n) is 3.44. The van der Waals surface area contributed by atoms with Crippen LogP contribution in [0.5, 0.6) is 5.75 Å². The van der Waals surface area contributed by atoms with Crippen LogP contribution in [0.3, 0.4) is 0 Å². The summed E-state index contributed by atoms with van der Waals surface area (Å²) in [5.41, 5.74) is 0.857. The van der Waals surface area contributed by atoms with Gasteiger partial charge in [0, 0.05) is 5.70 Å². The minimum Gasteiger partial charge on any atom is -0.495 e. The molecule has 1 aliphatic rings. The first-order chi connectivity index (χ1) is 13.9. The number of para-hydroxylation sites is 2. The van der Waals surface area contributed by atoms with E-state index in [1.807, 2.05) is 6.92 Å². The van der Waals surface area contributed by atoms with Crippen molar-refractivity contribution in [1.82, 2.24) is 5.32 Å². The number of anilines is 1. The van der Waals surface area contributed by atoms with E-state index >= 15 is 0 Å². The Labute approximate surface area is 172 Å². The van der Waals surface area contributed by atoms with Gasteiger partial charge in [0.15, 0.2) is 5.11 Å². The monoisotopic (exact) mass is 418 g/mol. The van der Waals surface area contributed by atoms with Crippen molar-refractivity contribution in [1.29, 1.82) is 0 Å². The summed E-state index contributed by atoms with van der Waals surface area (Å²) in [6, 6.07) is 9.54. The molecule has 3 rings (SSSR count). The zero-order valence-electron chi connectivity index (χ0n) is 16.2.